The molecule has 2 aliphatic rings. The van der Waals surface area contributed by atoms with Gasteiger partial charge >= 0.3 is 0 Å². The van der Waals surface area contributed by atoms with Gasteiger partial charge in [0.1, 0.15) is 0 Å². The Morgan fingerprint density at radius 3 is 2.60 bits per heavy atom. The van der Waals surface area contributed by atoms with E-state index in [2.05, 4.69) is 0 Å². The van der Waals surface area contributed by atoms with Crippen molar-refractivity contribution < 1.29 is 4.74 Å². The summed E-state index contributed by atoms with van der Waals surface area (Å²) >= 11 is 0. The average Bonchev–Trinajstić information content (AvgIpc) is 2.10. The second-order valence-corrected chi connectivity index (χ2v) is 3.36. The fourth-order valence-corrected chi connectivity index (χ4v) is 1.79. The van der Waals surface area contributed by atoms with Crippen molar-refractivity contribution in [3.8, 4) is 0 Å². The van der Waals surface area contributed by atoms with Crippen molar-refractivity contribution in [2.24, 2.45) is 11.6 Å². The highest BCUT2D eigenvalue weighted by Gasteiger charge is 2.47. The maximum atomic E-state index is 5.68. The Balaban J connectivity index is 1.95. The van der Waals surface area contributed by atoms with Crippen molar-refractivity contribution >= 4 is 0 Å². The van der Waals surface area contributed by atoms with E-state index in [1.807, 2.05) is 0 Å². The smallest absolute Gasteiger partial charge is 0.0979 e. The number of hydrogen-bond acceptors (Lipinski definition) is 4. The molecular formula is C6H13N3O. The summed E-state index contributed by atoms with van der Waals surface area (Å²) in [7, 11) is 0. The molecule has 4 N–H and O–H groups in total. The third-order valence-corrected chi connectivity index (χ3v) is 2.22. The summed E-state index contributed by atoms with van der Waals surface area (Å²) in [6.45, 7) is 2.40. The monoisotopic (exact) mass is 143 g/mol. The molecule has 2 saturated heterocycles. The van der Waals surface area contributed by atoms with E-state index in [-0.39, 0.29) is 11.6 Å². The minimum atomic E-state index is 0.0359. The summed E-state index contributed by atoms with van der Waals surface area (Å²) in [6.07, 6.45) is 0.973. The van der Waals surface area contributed by atoms with E-state index in [9.17, 15) is 0 Å². The highest BCUT2D eigenvalue weighted by atomic mass is 16.5. The number of hydrogen-bond donors (Lipinski definition) is 2. The molecule has 58 valence electrons. The molecule has 0 aromatic heterocycles. The number of ether oxygens (including phenoxy) is 1. The number of nitrogens with zero attached hydrogens (tertiary/aromatic N) is 1. The third-order valence-electron chi connectivity index (χ3n) is 2.22. The molecule has 2 fully saturated rings. The zero-order valence-electron chi connectivity index (χ0n) is 5.92. The standard InChI is InChI=1S/C6H13N3O/c7-5-1-6(10-2-5)3-9(8)4-6/h5H,1-4,7-8H2. The lowest BCUT2D eigenvalue weighted by Gasteiger charge is -2.44. The predicted octanol–water partition coefficient (Wildman–Crippen LogP) is -1.34. The van der Waals surface area contributed by atoms with Crippen LogP contribution in [0.5, 0.6) is 0 Å². The number of nitrogens with two attached hydrogens (primary N) is 2. The average molecular weight is 143 g/mol. The van der Waals surface area contributed by atoms with Crippen LogP contribution in [-0.4, -0.2) is 36.3 Å². The first kappa shape index (κ1) is 6.54. The summed E-state index contributed by atoms with van der Waals surface area (Å²) in [5.41, 5.74) is 5.72. The van der Waals surface area contributed by atoms with Crippen molar-refractivity contribution in [1.82, 2.24) is 5.01 Å². The van der Waals surface area contributed by atoms with Crippen molar-refractivity contribution in [3.63, 3.8) is 0 Å². The van der Waals surface area contributed by atoms with Gasteiger partial charge in [-0.25, -0.2) is 5.01 Å². The summed E-state index contributed by atoms with van der Waals surface area (Å²) in [6, 6.07) is 0.230. The Bertz CT molecular complexity index is 138. The van der Waals surface area contributed by atoms with Crippen molar-refractivity contribution in [3.05, 3.63) is 0 Å². The molecule has 0 aliphatic carbocycles. The van der Waals surface area contributed by atoms with Gasteiger partial charge in [0.2, 0.25) is 0 Å². The van der Waals surface area contributed by atoms with Crippen LogP contribution in [0.1, 0.15) is 6.42 Å². The molecule has 4 nitrogen and oxygen atoms in total. The van der Waals surface area contributed by atoms with Gasteiger partial charge < -0.3 is 10.5 Å². The van der Waals surface area contributed by atoms with E-state index in [1.165, 1.54) is 0 Å². The molecule has 0 aromatic rings. The molecule has 1 unspecified atom stereocenters. The van der Waals surface area contributed by atoms with Gasteiger partial charge in [-0.1, -0.05) is 0 Å². The lowest BCUT2D eigenvalue weighted by Crippen LogP contribution is -2.64. The van der Waals surface area contributed by atoms with Gasteiger partial charge in [0.15, 0.2) is 0 Å². The van der Waals surface area contributed by atoms with Crippen LogP contribution in [0.15, 0.2) is 0 Å². The lowest BCUT2D eigenvalue weighted by molar-refractivity contribution is -0.111. The topological polar surface area (TPSA) is 64.5 Å². The SMILES string of the molecule is NC1COC2(C1)CN(N)C2. The van der Waals surface area contributed by atoms with Gasteiger partial charge in [0.05, 0.1) is 12.2 Å². The Kier molecular flexibility index (Phi) is 1.25. The molecule has 0 bridgehead atoms. The molecule has 0 amide bonds. The van der Waals surface area contributed by atoms with Crippen LogP contribution in [0.2, 0.25) is 0 Å². The molecule has 2 heterocycles. The van der Waals surface area contributed by atoms with Crippen LogP contribution in [0.3, 0.4) is 0 Å². The van der Waals surface area contributed by atoms with Crippen molar-refractivity contribution in [2.45, 2.75) is 18.1 Å². The van der Waals surface area contributed by atoms with Gasteiger partial charge in [-0.2, -0.15) is 0 Å². The van der Waals surface area contributed by atoms with Crippen molar-refractivity contribution in [1.29, 1.82) is 0 Å². The molecule has 1 atom stereocenters. The zero-order chi connectivity index (χ0) is 7.19. The Hall–Kier alpha value is -0.160. The van der Waals surface area contributed by atoms with E-state index in [4.69, 9.17) is 16.3 Å². The maximum absolute atomic E-state index is 5.68. The molecular weight excluding hydrogens is 130 g/mol. The Morgan fingerprint density at radius 1 is 1.50 bits per heavy atom. The van der Waals surface area contributed by atoms with E-state index in [1.54, 1.807) is 5.01 Å². The van der Waals surface area contributed by atoms with Gasteiger partial charge in [-0.15, -0.1) is 0 Å². The van der Waals surface area contributed by atoms with Crippen LogP contribution >= 0.6 is 0 Å². The molecule has 4 heteroatoms. The first-order valence-corrected chi connectivity index (χ1v) is 3.59. The fourth-order valence-electron chi connectivity index (χ4n) is 1.79. The van der Waals surface area contributed by atoms with E-state index >= 15 is 0 Å². The van der Waals surface area contributed by atoms with Crippen molar-refractivity contribution in [2.75, 3.05) is 19.7 Å². The number of hydrazine groups is 1. The third kappa shape index (κ3) is 0.845. The van der Waals surface area contributed by atoms with E-state index < -0.39 is 0 Å². The normalized spacial score (nSPS) is 38.4. The van der Waals surface area contributed by atoms with Gasteiger partial charge in [0.25, 0.3) is 0 Å². The van der Waals surface area contributed by atoms with E-state index in [0.29, 0.717) is 6.61 Å². The van der Waals surface area contributed by atoms with Crippen LogP contribution < -0.4 is 11.6 Å². The Morgan fingerprint density at radius 2 is 2.20 bits per heavy atom. The van der Waals surface area contributed by atoms with Crippen LogP contribution in [0.4, 0.5) is 0 Å². The van der Waals surface area contributed by atoms with Crippen LogP contribution in [0, 0.1) is 0 Å². The lowest BCUT2D eigenvalue weighted by atomic mass is 9.91. The molecule has 0 radical (unpaired) electrons. The highest BCUT2D eigenvalue weighted by molar-refractivity contribution is 5.01. The molecule has 2 rings (SSSR count). The maximum Gasteiger partial charge on any atom is 0.0979 e. The number of rotatable bonds is 0. The first-order valence-electron chi connectivity index (χ1n) is 3.59. The first-order chi connectivity index (χ1) is 4.70. The highest BCUT2D eigenvalue weighted by Crippen LogP contribution is 2.32. The minimum Gasteiger partial charge on any atom is -0.371 e. The molecule has 10 heavy (non-hydrogen) atoms. The molecule has 0 aromatic carbocycles. The molecule has 1 spiro atoms. The summed E-state index contributed by atoms with van der Waals surface area (Å²) in [4.78, 5) is 0. The minimum absolute atomic E-state index is 0.0359. The summed E-state index contributed by atoms with van der Waals surface area (Å²) in [5, 5.41) is 1.76. The summed E-state index contributed by atoms with van der Waals surface area (Å²) < 4.78 is 5.51. The predicted molar refractivity (Wildman–Crippen MR) is 37.0 cm³/mol. The largest absolute Gasteiger partial charge is 0.371 e. The van der Waals surface area contributed by atoms with Gasteiger partial charge in [0, 0.05) is 19.1 Å². The second kappa shape index (κ2) is 1.92. The molecule has 2 aliphatic heterocycles. The molecule has 0 saturated carbocycles. The van der Waals surface area contributed by atoms with Crippen LogP contribution in [0.25, 0.3) is 0 Å². The second-order valence-electron chi connectivity index (χ2n) is 3.36. The van der Waals surface area contributed by atoms with E-state index in [0.717, 1.165) is 19.5 Å². The summed E-state index contributed by atoms with van der Waals surface area (Å²) in [5.74, 6) is 5.49. The van der Waals surface area contributed by atoms with Crippen LogP contribution in [-0.2, 0) is 4.74 Å². The van der Waals surface area contributed by atoms with Gasteiger partial charge in [-0.3, -0.25) is 5.84 Å². The Labute approximate surface area is 60.1 Å². The fraction of sp³-hybridized carbons (Fsp3) is 1.00. The quantitative estimate of drug-likeness (QED) is 0.412. The zero-order valence-corrected chi connectivity index (χ0v) is 5.92. The van der Waals surface area contributed by atoms with Gasteiger partial charge in [-0.05, 0) is 6.42 Å².